The fraction of sp³-hybridized carbons (Fsp3) is 0.600. The number of aliphatic carboxylic acids is 1. The fourth-order valence-electron chi connectivity index (χ4n) is 1.93. The van der Waals surface area contributed by atoms with E-state index in [2.05, 4.69) is 0 Å². The normalized spacial score (nSPS) is 16.4. The Balaban J connectivity index is 0. The summed E-state index contributed by atoms with van der Waals surface area (Å²) in [5.74, 6) is -2.95. The summed E-state index contributed by atoms with van der Waals surface area (Å²) in [6.07, 6.45) is 0.527. The average Bonchev–Trinajstić information content (AvgIpc) is 2.25. The maximum Gasteiger partial charge on any atom is 0.332 e. The number of amides is 2. The molecule has 1 rings (SSSR count). The van der Waals surface area contributed by atoms with Gasteiger partial charge in [0.2, 0.25) is 5.91 Å². The van der Waals surface area contributed by atoms with E-state index in [0.717, 1.165) is 11.0 Å². The molecule has 0 aromatic heterocycles. The molecule has 0 bridgehead atoms. The first-order valence-electron chi connectivity index (χ1n) is 5.90. The van der Waals surface area contributed by atoms with E-state index in [-0.39, 0.29) is 32.6 Å². The van der Waals surface area contributed by atoms with Crippen LogP contribution in [0.1, 0.15) is 49.0 Å². The number of rotatable bonds is 3. The predicted molar refractivity (Wildman–Crippen MR) is 79.6 cm³/mol. The standard InChI is InChI=1S/C13H17NO5.2CH4/c1-7(11(17)13(2,3)4)14-9(15)5-8(12(18)19)6-10(14)16;;/h5,7H,6H2,1-4H3,(H,18,19);2*1H4. The molecule has 6 heteroatoms. The monoisotopic (exact) mass is 299 g/mol. The zero-order chi connectivity index (χ0) is 15.0. The first kappa shape index (κ1) is 21.3. The van der Waals surface area contributed by atoms with Crippen molar-refractivity contribution in [2.75, 3.05) is 0 Å². The second-order valence-corrected chi connectivity index (χ2v) is 5.54. The third-order valence-electron chi connectivity index (χ3n) is 2.93. The minimum atomic E-state index is -1.30. The maximum absolute atomic E-state index is 12.1. The Morgan fingerprint density at radius 2 is 1.71 bits per heavy atom. The van der Waals surface area contributed by atoms with Gasteiger partial charge < -0.3 is 5.11 Å². The zero-order valence-corrected chi connectivity index (χ0v) is 11.4. The van der Waals surface area contributed by atoms with Crippen molar-refractivity contribution in [2.45, 2.75) is 55.0 Å². The van der Waals surface area contributed by atoms with Crippen molar-refractivity contribution in [1.29, 1.82) is 0 Å². The molecular weight excluding hydrogens is 274 g/mol. The highest BCUT2D eigenvalue weighted by Crippen LogP contribution is 2.23. The van der Waals surface area contributed by atoms with Gasteiger partial charge in [0.15, 0.2) is 5.78 Å². The Hall–Kier alpha value is -1.98. The average molecular weight is 299 g/mol. The number of carboxylic acid groups (broad SMARTS) is 1. The predicted octanol–water partition coefficient (Wildman–Crippen LogP) is 2.03. The van der Waals surface area contributed by atoms with Crippen LogP contribution < -0.4 is 0 Å². The highest BCUT2D eigenvalue weighted by atomic mass is 16.4. The van der Waals surface area contributed by atoms with Gasteiger partial charge in [0, 0.05) is 11.5 Å². The lowest BCUT2D eigenvalue weighted by atomic mass is 9.86. The second kappa shape index (κ2) is 7.15. The highest BCUT2D eigenvalue weighted by Gasteiger charge is 2.38. The molecule has 21 heavy (non-hydrogen) atoms. The molecule has 0 fully saturated rings. The molecule has 0 spiro atoms. The van der Waals surface area contributed by atoms with Crippen LogP contribution in [0.25, 0.3) is 0 Å². The highest BCUT2D eigenvalue weighted by molar-refractivity contribution is 6.13. The molecule has 0 saturated carbocycles. The third-order valence-corrected chi connectivity index (χ3v) is 2.93. The summed E-state index contributed by atoms with van der Waals surface area (Å²) >= 11 is 0. The molecule has 1 unspecified atom stereocenters. The van der Waals surface area contributed by atoms with Gasteiger partial charge in [0.05, 0.1) is 18.0 Å². The number of carbonyl (C=O) groups is 4. The molecule has 2 amide bonds. The lowest BCUT2D eigenvalue weighted by molar-refractivity contribution is -0.152. The van der Waals surface area contributed by atoms with Crippen LogP contribution in [0.15, 0.2) is 11.6 Å². The Morgan fingerprint density at radius 3 is 2.05 bits per heavy atom. The van der Waals surface area contributed by atoms with Crippen molar-refractivity contribution in [3.05, 3.63) is 11.6 Å². The van der Waals surface area contributed by atoms with E-state index in [1.165, 1.54) is 6.92 Å². The number of carboxylic acids is 1. The Bertz CT molecular complexity index is 485. The van der Waals surface area contributed by atoms with Crippen molar-refractivity contribution in [1.82, 2.24) is 4.90 Å². The number of hydrogen-bond donors (Lipinski definition) is 1. The zero-order valence-electron chi connectivity index (χ0n) is 11.4. The van der Waals surface area contributed by atoms with E-state index in [1.54, 1.807) is 20.8 Å². The van der Waals surface area contributed by atoms with E-state index in [0.29, 0.717) is 0 Å². The molecule has 0 saturated heterocycles. The van der Waals surface area contributed by atoms with E-state index in [9.17, 15) is 19.2 Å². The van der Waals surface area contributed by atoms with Gasteiger partial charge in [-0.2, -0.15) is 0 Å². The van der Waals surface area contributed by atoms with E-state index in [1.807, 2.05) is 0 Å². The van der Waals surface area contributed by atoms with Crippen LogP contribution in [0.5, 0.6) is 0 Å². The molecule has 0 aromatic carbocycles. The van der Waals surface area contributed by atoms with Gasteiger partial charge in [-0.1, -0.05) is 35.6 Å². The largest absolute Gasteiger partial charge is 0.478 e. The van der Waals surface area contributed by atoms with E-state index < -0.39 is 29.2 Å². The Morgan fingerprint density at radius 1 is 1.24 bits per heavy atom. The van der Waals surface area contributed by atoms with Crippen LogP contribution in [-0.2, 0) is 19.2 Å². The van der Waals surface area contributed by atoms with Crippen molar-refractivity contribution in [2.24, 2.45) is 5.41 Å². The van der Waals surface area contributed by atoms with Gasteiger partial charge >= 0.3 is 5.97 Å². The topological polar surface area (TPSA) is 91.8 Å². The van der Waals surface area contributed by atoms with Crippen molar-refractivity contribution in [3.8, 4) is 0 Å². The summed E-state index contributed by atoms with van der Waals surface area (Å²) < 4.78 is 0. The van der Waals surface area contributed by atoms with Crippen LogP contribution in [0.2, 0.25) is 0 Å². The van der Waals surface area contributed by atoms with Crippen LogP contribution in [0, 0.1) is 5.41 Å². The molecule has 120 valence electrons. The van der Waals surface area contributed by atoms with Gasteiger partial charge in [-0.15, -0.1) is 0 Å². The molecule has 1 N–H and O–H groups in total. The smallest absolute Gasteiger partial charge is 0.332 e. The molecule has 6 nitrogen and oxygen atoms in total. The quantitative estimate of drug-likeness (QED) is 0.805. The van der Waals surface area contributed by atoms with Gasteiger partial charge in [0.1, 0.15) is 0 Å². The molecule has 0 aromatic rings. The van der Waals surface area contributed by atoms with Crippen molar-refractivity contribution >= 4 is 23.6 Å². The van der Waals surface area contributed by atoms with Crippen molar-refractivity contribution < 1.29 is 24.3 Å². The van der Waals surface area contributed by atoms with E-state index in [4.69, 9.17) is 5.11 Å². The molecule has 1 aliphatic heterocycles. The number of hydrogen-bond acceptors (Lipinski definition) is 4. The first-order chi connectivity index (χ1) is 8.55. The van der Waals surface area contributed by atoms with Gasteiger partial charge in [-0.3, -0.25) is 19.3 Å². The summed E-state index contributed by atoms with van der Waals surface area (Å²) in [5, 5.41) is 8.78. The fourth-order valence-corrected chi connectivity index (χ4v) is 1.93. The minimum Gasteiger partial charge on any atom is -0.478 e. The number of nitrogens with zero attached hydrogens (tertiary/aromatic N) is 1. The van der Waals surface area contributed by atoms with Gasteiger partial charge in [0.25, 0.3) is 5.91 Å². The molecule has 0 radical (unpaired) electrons. The summed E-state index contributed by atoms with van der Waals surface area (Å²) in [5.41, 5.74) is -0.932. The summed E-state index contributed by atoms with van der Waals surface area (Å²) in [4.78, 5) is 47.3. The van der Waals surface area contributed by atoms with Crippen LogP contribution in [0.3, 0.4) is 0 Å². The summed E-state index contributed by atoms with van der Waals surface area (Å²) in [7, 11) is 0. The number of imide groups is 1. The van der Waals surface area contributed by atoms with Crippen molar-refractivity contribution in [3.63, 3.8) is 0 Å². The molecule has 1 atom stereocenters. The van der Waals surface area contributed by atoms with Crippen LogP contribution in [0.4, 0.5) is 0 Å². The maximum atomic E-state index is 12.1. The summed E-state index contributed by atoms with van der Waals surface area (Å²) in [6, 6.07) is -0.897. The lowest BCUT2D eigenvalue weighted by Crippen LogP contribution is -2.51. The van der Waals surface area contributed by atoms with Crippen LogP contribution >= 0.6 is 0 Å². The third kappa shape index (κ3) is 4.51. The molecular formula is C15H25NO5. The lowest BCUT2D eigenvalue weighted by Gasteiger charge is -2.32. The van der Waals surface area contributed by atoms with Gasteiger partial charge in [-0.05, 0) is 6.92 Å². The molecule has 0 aliphatic carbocycles. The van der Waals surface area contributed by atoms with Crippen LogP contribution in [-0.4, -0.2) is 39.6 Å². The number of Topliss-reactive ketones (excluding diaryl/α,β-unsaturated/α-hetero) is 1. The minimum absolute atomic E-state index is 0. The Labute approximate surface area is 125 Å². The Kier molecular flexibility index (Phi) is 7.26. The number of ketones is 1. The summed E-state index contributed by atoms with van der Waals surface area (Å²) in [6.45, 7) is 6.57. The first-order valence-corrected chi connectivity index (χ1v) is 5.90. The number of carbonyl (C=O) groups excluding carboxylic acids is 3. The van der Waals surface area contributed by atoms with E-state index >= 15 is 0 Å². The molecule has 1 aliphatic rings. The molecule has 1 heterocycles. The van der Waals surface area contributed by atoms with Gasteiger partial charge in [-0.25, -0.2) is 4.79 Å². The second-order valence-electron chi connectivity index (χ2n) is 5.54. The SMILES string of the molecule is C.C.CC(C(=O)C(C)(C)C)N1C(=O)C=C(C(=O)O)CC1=O.